The highest BCUT2D eigenvalue weighted by atomic mass is 16.3. The van der Waals surface area contributed by atoms with E-state index in [-0.39, 0.29) is 12.5 Å². The van der Waals surface area contributed by atoms with E-state index >= 15 is 0 Å². The van der Waals surface area contributed by atoms with Gasteiger partial charge in [-0.15, -0.1) is 0 Å². The molecule has 0 aliphatic carbocycles. The normalized spacial score (nSPS) is 10.2. The van der Waals surface area contributed by atoms with Gasteiger partial charge < -0.3 is 15.3 Å². The fourth-order valence-electron chi connectivity index (χ4n) is 1.73. The molecule has 0 aromatic heterocycles. The summed E-state index contributed by atoms with van der Waals surface area (Å²) >= 11 is 0. The van der Waals surface area contributed by atoms with Gasteiger partial charge in [0, 0.05) is 19.5 Å². The Morgan fingerprint density at radius 3 is 2.79 bits per heavy atom. The minimum Gasteiger partial charge on any atom is -0.395 e. The second-order valence-electron chi connectivity index (χ2n) is 4.11. The number of likely N-dealkylation sites (N-methyl/N-ethyl adjacent to an activating group) is 1. The minimum atomic E-state index is -0.126. The van der Waals surface area contributed by atoms with Gasteiger partial charge in [-0.25, -0.2) is 0 Å². The molecule has 0 saturated carbocycles. The van der Waals surface area contributed by atoms with Crippen molar-refractivity contribution in [2.75, 3.05) is 31.6 Å². The SMILES string of the molecule is CCN(CCO)CCC(=O)Nc1ccccc1C#N. The third-order valence-corrected chi connectivity index (χ3v) is 2.84. The number of aliphatic hydroxyl groups is 1. The Labute approximate surface area is 113 Å². The lowest BCUT2D eigenvalue weighted by Gasteiger charge is -2.18. The molecule has 0 aliphatic rings. The highest BCUT2D eigenvalue weighted by Crippen LogP contribution is 2.13. The van der Waals surface area contributed by atoms with Crippen LogP contribution in [0.5, 0.6) is 0 Å². The van der Waals surface area contributed by atoms with Crippen LogP contribution in [0.4, 0.5) is 5.69 Å². The molecule has 0 spiro atoms. The van der Waals surface area contributed by atoms with Gasteiger partial charge in [0.25, 0.3) is 0 Å². The number of anilines is 1. The second-order valence-corrected chi connectivity index (χ2v) is 4.11. The van der Waals surface area contributed by atoms with Crippen LogP contribution in [0.1, 0.15) is 18.9 Å². The zero-order valence-electron chi connectivity index (χ0n) is 11.1. The molecule has 1 aromatic rings. The van der Waals surface area contributed by atoms with E-state index in [4.69, 9.17) is 10.4 Å². The van der Waals surface area contributed by atoms with E-state index in [0.29, 0.717) is 30.8 Å². The molecule has 0 unspecified atom stereocenters. The first-order chi connectivity index (χ1) is 9.21. The molecule has 0 bridgehead atoms. The van der Waals surface area contributed by atoms with Gasteiger partial charge in [0.05, 0.1) is 17.9 Å². The molecule has 5 heteroatoms. The second kappa shape index (κ2) is 8.25. The van der Waals surface area contributed by atoms with Gasteiger partial charge in [0.15, 0.2) is 0 Å². The average molecular weight is 261 g/mol. The lowest BCUT2D eigenvalue weighted by atomic mass is 10.2. The Bertz CT molecular complexity index is 454. The van der Waals surface area contributed by atoms with Crippen LogP contribution in [0.3, 0.4) is 0 Å². The zero-order valence-corrected chi connectivity index (χ0v) is 11.1. The number of carbonyl (C=O) groups excluding carboxylic acids is 1. The van der Waals surface area contributed by atoms with Gasteiger partial charge in [-0.2, -0.15) is 5.26 Å². The van der Waals surface area contributed by atoms with E-state index in [9.17, 15) is 4.79 Å². The van der Waals surface area contributed by atoms with Crippen molar-refractivity contribution in [3.8, 4) is 6.07 Å². The summed E-state index contributed by atoms with van der Waals surface area (Å²) in [5.41, 5.74) is 0.999. The quantitative estimate of drug-likeness (QED) is 0.773. The number of nitrogens with one attached hydrogen (secondary N) is 1. The van der Waals surface area contributed by atoms with Gasteiger partial charge in [-0.1, -0.05) is 19.1 Å². The van der Waals surface area contributed by atoms with Crippen LogP contribution in [0.2, 0.25) is 0 Å². The number of rotatable bonds is 7. The fourth-order valence-corrected chi connectivity index (χ4v) is 1.73. The molecule has 19 heavy (non-hydrogen) atoms. The predicted molar refractivity (Wildman–Crippen MR) is 73.6 cm³/mol. The van der Waals surface area contributed by atoms with Gasteiger partial charge in [0.2, 0.25) is 5.91 Å². The number of para-hydroxylation sites is 1. The number of benzene rings is 1. The minimum absolute atomic E-state index is 0.0900. The van der Waals surface area contributed by atoms with Crippen LogP contribution >= 0.6 is 0 Å². The molecule has 1 rings (SSSR count). The molecule has 5 nitrogen and oxygen atoms in total. The van der Waals surface area contributed by atoms with E-state index in [1.165, 1.54) is 0 Å². The molecule has 1 amide bonds. The van der Waals surface area contributed by atoms with E-state index < -0.39 is 0 Å². The summed E-state index contributed by atoms with van der Waals surface area (Å²) in [6, 6.07) is 8.95. The van der Waals surface area contributed by atoms with Crippen molar-refractivity contribution in [3.05, 3.63) is 29.8 Å². The van der Waals surface area contributed by atoms with Crippen LogP contribution < -0.4 is 5.32 Å². The molecular formula is C14H19N3O2. The average Bonchev–Trinajstić information content (AvgIpc) is 2.44. The van der Waals surface area contributed by atoms with Gasteiger partial charge >= 0.3 is 0 Å². The summed E-state index contributed by atoms with van der Waals surface area (Å²) in [6.07, 6.45) is 0.341. The first kappa shape index (κ1) is 15.2. The molecule has 0 radical (unpaired) electrons. The number of hydrogen-bond donors (Lipinski definition) is 2. The Morgan fingerprint density at radius 1 is 1.42 bits per heavy atom. The summed E-state index contributed by atoms with van der Waals surface area (Å²) in [5, 5.41) is 20.5. The molecule has 102 valence electrons. The first-order valence-electron chi connectivity index (χ1n) is 6.33. The zero-order chi connectivity index (χ0) is 14.1. The molecule has 2 N–H and O–H groups in total. The van der Waals surface area contributed by atoms with Crippen LogP contribution in [0, 0.1) is 11.3 Å². The summed E-state index contributed by atoms with van der Waals surface area (Å²) in [4.78, 5) is 13.8. The van der Waals surface area contributed by atoms with Crippen molar-refractivity contribution >= 4 is 11.6 Å². The Balaban J connectivity index is 2.49. The van der Waals surface area contributed by atoms with E-state index in [2.05, 4.69) is 5.32 Å². The van der Waals surface area contributed by atoms with Crippen molar-refractivity contribution in [1.82, 2.24) is 4.90 Å². The van der Waals surface area contributed by atoms with E-state index in [1.807, 2.05) is 17.9 Å². The predicted octanol–water partition coefficient (Wildman–Crippen LogP) is 1.20. The van der Waals surface area contributed by atoms with Crippen molar-refractivity contribution in [1.29, 1.82) is 5.26 Å². The molecule has 0 aliphatic heterocycles. The van der Waals surface area contributed by atoms with Crippen molar-refractivity contribution in [3.63, 3.8) is 0 Å². The maximum absolute atomic E-state index is 11.8. The standard InChI is InChI=1S/C14H19N3O2/c1-2-17(9-10-18)8-7-14(19)16-13-6-4-3-5-12(13)11-15/h3-6,18H,2,7-10H2,1H3,(H,16,19). The topological polar surface area (TPSA) is 76.4 Å². The smallest absolute Gasteiger partial charge is 0.225 e. The van der Waals surface area contributed by atoms with Crippen LogP contribution in [-0.2, 0) is 4.79 Å². The first-order valence-corrected chi connectivity index (χ1v) is 6.33. The lowest BCUT2D eigenvalue weighted by molar-refractivity contribution is -0.116. The summed E-state index contributed by atoms with van der Waals surface area (Å²) in [5.74, 6) is -0.126. The number of carbonyl (C=O) groups is 1. The lowest BCUT2D eigenvalue weighted by Crippen LogP contribution is -2.30. The van der Waals surface area contributed by atoms with Crippen LogP contribution in [-0.4, -0.2) is 42.2 Å². The van der Waals surface area contributed by atoms with Gasteiger partial charge in [0.1, 0.15) is 6.07 Å². The highest BCUT2D eigenvalue weighted by molar-refractivity contribution is 5.92. The van der Waals surface area contributed by atoms with E-state index in [0.717, 1.165) is 6.54 Å². The summed E-state index contributed by atoms with van der Waals surface area (Å²) < 4.78 is 0. The highest BCUT2D eigenvalue weighted by Gasteiger charge is 2.08. The van der Waals surface area contributed by atoms with E-state index in [1.54, 1.807) is 24.3 Å². The van der Waals surface area contributed by atoms with Crippen molar-refractivity contribution in [2.24, 2.45) is 0 Å². The third-order valence-electron chi connectivity index (χ3n) is 2.84. The maximum Gasteiger partial charge on any atom is 0.225 e. The molecule has 0 fully saturated rings. The number of amides is 1. The Kier molecular flexibility index (Phi) is 6.58. The van der Waals surface area contributed by atoms with Crippen molar-refractivity contribution in [2.45, 2.75) is 13.3 Å². The van der Waals surface area contributed by atoms with Gasteiger partial charge in [-0.05, 0) is 18.7 Å². The third kappa shape index (κ3) is 5.08. The molecular weight excluding hydrogens is 242 g/mol. The Hall–Kier alpha value is -1.90. The number of nitrogens with zero attached hydrogens (tertiary/aromatic N) is 2. The van der Waals surface area contributed by atoms with Gasteiger partial charge in [-0.3, -0.25) is 4.79 Å². The number of nitriles is 1. The monoisotopic (exact) mass is 261 g/mol. The fraction of sp³-hybridized carbons (Fsp3) is 0.429. The van der Waals surface area contributed by atoms with Crippen LogP contribution in [0.25, 0.3) is 0 Å². The van der Waals surface area contributed by atoms with Crippen LogP contribution in [0.15, 0.2) is 24.3 Å². The molecule has 0 saturated heterocycles. The molecule has 0 atom stereocenters. The maximum atomic E-state index is 11.8. The van der Waals surface area contributed by atoms with Crippen molar-refractivity contribution < 1.29 is 9.90 Å². The molecule has 0 heterocycles. The largest absolute Gasteiger partial charge is 0.395 e. The number of hydrogen-bond acceptors (Lipinski definition) is 4. The molecule has 1 aromatic carbocycles. The Morgan fingerprint density at radius 2 is 2.16 bits per heavy atom. The summed E-state index contributed by atoms with van der Waals surface area (Å²) in [6.45, 7) is 4.03. The summed E-state index contributed by atoms with van der Waals surface area (Å²) in [7, 11) is 0. The number of aliphatic hydroxyl groups excluding tert-OH is 1.